The van der Waals surface area contributed by atoms with Crippen molar-refractivity contribution in [2.24, 2.45) is 5.92 Å². The summed E-state index contributed by atoms with van der Waals surface area (Å²) < 4.78 is 10.9. The van der Waals surface area contributed by atoms with E-state index in [1.165, 1.54) is 5.56 Å². The predicted octanol–water partition coefficient (Wildman–Crippen LogP) is 3.87. The van der Waals surface area contributed by atoms with Gasteiger partial charge in [0.05, 0.1) is 12.5 Å². The number of hydrogen-bond donors (Lipinski definition) is 0. The molecule has 0 aliphatic carbocycles. The van der Waals surface area contributed by atoms with Gasteiger partial charge >= 0.3 is 12.1 Å². The molecule has 6 heteroatoms. The first-order chi connectivity index (χ1) is 13.1. The molecule has 1 aliphatic heterocycles. The maximum Gasteiger partial charge on any atom is 0.410 e. The number of ether oxygens (including phenoxy) is 2. The van der Waals surface area contributed by atoms with Gasteiger partial charge in [-0.3, -0.25) is 9.69 Å². The molecular formula is C22H34N2O4. The van der Waals surface area contributed by atoms with Crippen LogP contribution in [0.3, 0.4) is 0 Å². The number of hydrogen-bond acceptors (Lipinski definition) is 5. The zero-order valence-corrected chi connectivity index (χ0v) is 18.0. The van der Waals surface area contributed by atoms with Gasteiger partial charge in [-0.25, -0.2) is 4.79 Å². The van der Waals surface area contributed by atoms with Crippen molar-refractivity contribution in [2.45, 2.75) is 58.7 Å². The van der Waals surface area contributed by atoms with Gasteiger partial charge in [0.15, 0.2) is 0 Å². The Morgan fingerprint density at radius 3 is 2.46 bits per heavy atom. The molecule has 1 aromatic carbocycles. The van der Waals surface area contributed by atoms with E-state index in [9.17, 15) is 9.59 Å². The quantitative estimate of drug-likeness (QED) is 0.715. The maximum atomic E-state index is 12.6. The second-order valence-corrected chi connectivity index (χ2v) is 8.39. The molecular weight excluding hydrogens is 356 g/mol. The average Bonchev–Trinajstić information content (AvgIpc) is 2.66. The molecule has 0 saturated carbocycles. The first-order valence-electron chi connectivity index (χ1n) is 10.1. The minimum absolute atomic E-state index is 0.0988. The van der Waals surface area contributed by atoms with Crippen LogP contribution >= 0.6 is 0 Å². The van der Waals surface area contributed by atoms with E-state index in [0.717, 1.165) is 0 Å². The monoisotopic (exact) mass is 390 g/mol. The molecule has 6 nitrogen and oxygen atoms in total. The summed E-state index contributed by atoms with van der Waals surface area (Å²) in [5.41, 5.74) is 0.621. The molecule has 0 spiro atoms. The second kappa shape index (κ2) is 9.41. The van der Waals surface area contributed by atoms with E-state index in [0.29, 0.717) is 26.1 Å². The highest BCUT2D eigenvalue weighted by Crippen LogP contribution is 2.30. The summed E-state index contributed by atoms with van der Waals surface area (Å²) in [4.78, 5) is 29.1. The number of benzene rings is 1. The van der Waals surface area contributed by atoms with Crippen molar-refractivity contribution in [3.63, 3.8) is 0 Å². The smallest absolute Gasteiger partial charge is 0.410 e. The normalized spacial score (nSPS) is 21.3. The number of rotatable bonds is 5. The first-order valence-corrected chi connectivity index (χ1v) is 10.1. The number of nitrogens with zero attached hydrogens (tertiary/aromatic N) is 2. The largest absolute Gasteiger partial charge is 0.466 e. The van der Waals surface area contributed by atoms with Crippen LogP contribution in [-0.2, 0) is 14.3 Å². The molecule has 0 unspecified atom stereocenters. The third-order valence-corrected chi connectivity index (χ3v) is 5.24. The molecule has 28 heavy (non-hydrogen) atoms. The van der Waals surface area contributed by atoms with E-state index >= 15 is 0 Å². The molecule has 0 bridgehead atoms. The van der Waals surface area contributed by atoms with Crippen molar-refractivity contribution in [1.29, 1.82) is 0 Å². The molecule has 3 atom stereocenters. The number of carbonyl (C=O) groups is 2. The minimum Gasteiger partial charge on any atom is -0.466 e. The average molecular weight is 391 g/mol. The molecule has 0 N–H and O–H groups in total. The van der Waals surface area contributed by atoms with Gasteiger partial charge in [-0.2, -0.15) is 0 Å². The third kappa shape index (κ3) is 5.71. The summed E-state index contributed by atoms with van der Waals surface area (Å²) in [6.07, 6.45) is 0.231. The van der Waals surface area contributed by atoms with Crippen molar-refractivity contribution in [2.75, 3.05) is 26.7 Å². The fraction of sp³-hybridized carbons (Fsp3) is 0.636. The molecule has 1 aromatic rings. The second-order valence-electron chi connectivity index (χ2n) is 8.39. The Morgan fingerprint density at radius 2 is 1.89 bits per heavy atom. The van der Waals surface area contributed by atoms with Crippen LogP contribution in [-0.4, -0.2) is 60.2 Å². The summed E-state index contributed by atoms with van der Waals surface area (Å²) in [6, 6.07) is 10.1. The Labute approximate surface area is 168 Å². The van der Waals surface area contributed by atoms with Crippen LogP contribution in [0.1, 0.15) is 52.6 Å². The lowest BCUT2D eigenvalue weighted by molar-refractivity contribution is -0.153. The van der Waals surface area contributed by atoms with E-state index in [1.54, 1.807) is 4.90 Å². The molecule has 1 heterocycles. The van der Waals surface area contributed by atoms with Gasteiger partial charge in [0, 0.05) is 25.2 Å². The van der Waals surface area contributed by atoms with Crippen molar-refractivity contribution >= 4 is 12.1 Å². The predicted molar refractivity (Wildman–Crippen MR) is 109 cm³/mol. The van der Waals surface area contributed by atoms with Crippen LogP contribution < -0.4 is 0 Å². The van der Waals surface area contributed by atoms with Crippen LogP contribution in [0.15, 0.2) is 30.3 Å². The highest BCUT2D eigenvalue weighted by molar-refractivity contribution is 5.74. The Bertz CT molecular complexity index is 656. The van der Waals surface area contributed by atoms with Gasteiger partial charge in [-0.15, -0.1) is 0 Å². The maximum absolute atomic E-state index is 12.6. The summed E-state index contributed by atoms with van der Waals surface area (Å²) in [7, 11) is 2.01. The first kappa shape index (κ1) is 22.2. The lowest BCUT2D eigenvalue weighted by Gasteiger charge is -2.44. The molecule has 1 saturated heterocycles. The number of likely N-dealkylation sites (tertiary alicyclic amines) is 1. The zero-order chi connectivity index (χ0) is 20.9. The summed E-state index contributed by atoms with van der Waals surface area (Å²) in [5, 5.41) is 0. The fourth-order valence-electron chi connectivity index (χ4n) is 3.61. The van der Waals surface area contributed by atoms with E-state index in [-0.39, 0.29) is 30.1 Å². The van der Waals surface area contributed by atoms with E-state index in [1.807, 2.05) is 52.9 Å². The van der Waals surface area contributed by atoms with Gasteiger partial charge in [0.25, 0.3) is 0 Å². The van der Waals surface area contributed by atoms with Crippen molar-refractivity contribution < 1.29 is 19.1 Å². The highest BCUT2D eigenvalue weighted by atomic mass is 16.6. The van der Waals surface area contributed by atoms with Crippen LogP contribution in [0.5, 0.6) is 0 Å². The Morgan fingerprint density at radius 1 is 1.25 bits per heavy atom. The molecule has 2 rings (SSSR count). The van der Waals surface area contributed by atoms with Crippen LogP contribution in [0.25, 0.3) is 0 Å². The van der Waals surface area contributed by atoms with Crippen molar-refractivity contribution in [3.05, 3.63) is 35.9 Å². The van der Waals surface area contributed by atoms with Crippen molar-refractivity contribution in [1.82, 2.24) is 9.80 Å². The standard InChI is InChI=1S/C22H34N2O4/c1-7-27-20(25)18-13-14-24(21(26)28-22(3,4)5)15-19(18)23(6)16(2)17-11-9-8-10-12-17/h8-12,16,18-19H,7,13-15H2,1-6H3/t16-,18+,19-/m0/s1. The summed E-state index contributed by atoms with van der Waals surface area (Å²) in [5.74, 6) is -0.460. The fourth-order valence-corrected chi connectivity index (χ4v) is 3.61. The number of esters is 1. The number of amides is 1. The van der Waals surface area contributed by atoms with Gasteiger partial charge in [-0.05, 0) is 53.7 Å². The van der Waals surface area contributed by atoms with Crippen LogP contribution in [0.2, 0.25) is 0 Å². The molecule has 0 radical (unpaired) electrons. The molecule has 1 amide bonds. The Kier molecular flexibility index (Phi) is 7.47. The van der Waals surface area contributed by atoms with E-state index < -0.39 is 5.60 Å². The van der Waals surface area contributed by atoms with E-state index in [4.69, 9.17) is 9.47 Å². The molecule has 1 fully saturated rings. The lowest BCUT2D eigenvalue weighted by atomic mass is 9.89. The number of piperidine rings is 1. The molecule has 156 valence electrons. The lowest BCUT2D eigenvalue weighted by Crippen LogP contribution is -2.56. The topological polar surface area (TPSA) is 59.1 Å². The Balaban J connectivity index is 2.21. The van der Waals surface area contributed by atoms with E-state index in [2.05, 4.69) is 24.0 Å². The Hall–Kier alpha value is -2.08. The minimum atomic E-state index is -0.548. The zero-order valence-electron chi connectivity index (χ0n) is 18.0. The number of carbonyl (C=O) groups excluding carboxylic acids is 2. The van der Waals surface area contributed by atoms with Gasteiger partial charge < -0.3 is 14.4 Å². The molecule has 1 aliphatic rings. The summed E-state index contributed by atoms with van der Waals surface area (Å²) in [6.45, 7) is 10.8. The van der Waals surface area contributed by atoms with Crippen LogP contribution in [0, 0.1) is 5.92 Å². The number of likely N-dealkylation sites (N-methyl/N-ethyl adjacent to an activating group) is 1. The molecule has 0 aromatic heterocycles. The highest BCUT2D eigenvalue weighted by Gasteiger charge is 2.41. The van der Waals surface area contributed by atoms with Crippen molar-refractivity contribution in [3.8, 4) is 0 Å². The van der Waals surface area contributed by atoms with Gasteiger partial charge in [-0.1, -0.05) is 30.3 Å². The SMILES string of the molecule is CCOC(=O)[C@@H]1CCN(C(=O)OC(C)(C)C)C[C@@H]1N(C)[C@@H](C)c1ccccc1. The van der Waals surface area contributed by atoms with Crippen LogP contribution in [0.4, 0.5) is 4.79 Å². The van der Waals surface area contributed by atoms with Gasteiger partial charge in [0.1, 0.15) is 5.60 Å². The van der Waals surface area contributed by atoms with Gasteiger partial charge in [0.2, 0.25) is 0 Å². The third-order valence-electron chi connectivity index (χ3n) is 5.24. The summed E-state index contributed by atoms with van der Waals surface area (Å²) >= 11 is 0.